The summed E-state index contributed by atoms with van der Waals surface area (Å²) in [4.78, 5) is 11.5. The molecule has 1 saturated heterocycles. The Balaban J connectivity index is 2.18. The van der Waals surface area contributed by atoms with Crippen molar-refractivity contribution in [3.63, 3.8) is 0 Å². The number of hydrogen-bond acceptors (Lipinski definition) is 3. The molecule has 0 aromatic carbocycles. The van der Waals surface area contributed by atoms with Gasteiger partial charge in [-0.2, -0.15) is 0 Å². The number of carboxylic acid groups (broad SMARTS) is 1. The highest BCUT2D eigenvalue weighted by atomic mass is 32.2. The first-order valence-corrected chi connectivity index (χ1v) is 8.15. The predicted octanol–water partition coefficient (Wildman–Crippen LogP) is 1.45. The maximum absolute atomic E-state index is 12.2. The van der Waals surface area contributed by atoms with Crippen LogP contribution in [0.4, 0.5) is 0 Å². The van der Waals surface area contributed by atoms with Gasteiger partial charge in [0.25, 0.3) is 0 Å². The van der Waals surface area contributed by atoms with Crippen molar-refractivity contribution in [2.45, 2.75) is 50.7 Å². The number of piperidine rings is 1. The molecule has 1 aliphatic heterocycles. The molecule has 2 rings (SSSR count). The second-order valence-corrected chi connectivity index (χ2v) is 7.73. The van der Waals surface area contributed by atoms with Crippen molar-refractivity contribution < 1.29 is 18.3 Å². The Morgan fingerprint density at radius 3 is 2.61 bits per heavy atom. The van der Waals surface area contributed by atoms with Gasteiger partial charge in [0.1, 0.15) is 0 Å². The van der Waals surface area contributed by atoms with Crippen LogP contribution in [0.3, 0.4) is 0 Å². The average Bonchev–Trinajstić information content (AvgIpc) is 3.13. The molecule has 1 saturated carbocycles. The molecule has 1 aliphatic carbocycles. The van der Waals surface area contributed by atoms with Crippen LogP contribution in [-0.4, -0.2) is 42.1 Å². The topological polar surface area (TPSA) is 74.7 Å². The minimum absolute atomic E-state index is 0.162. The third-order valence-electron chi connectivity index (χ3n) is 4.03. The van der Waals surface area contributed by atoms with Crippen LogP contribution < -0.4 is 0 Å². The summed E-state index contributed by atoms with van der Waals surface area (Å²) in [6, 6.07) is 0. The molecule has 1 heterocycles. The van der Waals surface area contributed by atoms with Gasteiger partial charge in [0.05, 0.1) is 10.7 Å². The van der Waals surface area contributed by atoms with Gasteiger partial charge in [-0.05, 0) is 32.1 Å². The van der Waals surface area contributed by atoms with Crippen LogP contribution in [0.25, 0.3) is 0 Å². The molecule has 1 unspecified atom stereocenters. The van der Waals surface area contributed by atoms with E-state index in [1.807, 2.05) is 6.92 Å². The van der Waals surface area contributed by atoms with Crippen LogP contribution in [0, 0.1) is 5.41 Å². The van der Waals surface area contributed by atoms with Gasteiger partial charge in [-0.1, -0.05) is 13.3 Å². The van der Waals surface area contributed by atoms with Gasteiger partial charge in [0, 0.05) is 13.1 Å². The smallest absolute Gasteiger partial charge is 0.310 e. The maximum atomic E-state index is 12.2. The molecule has 0 aromatic rings. The Kier molecular flexibility index (Phi) is 3.69. The normalized spacial score (nSPS) is 30.3. The molecule has 104 valence electrons. The molecule has 0 radical (unpaired) electrons. The number of carboxylic acids is 1. The number of carbonyl (C=O) groups is 1. The Hall–Kier alpha value is -0.620. The van der Waals surface area contributed by atoms with Gasteiger partial charge in [-0.3, -0.25) is 4.79 Å². The lowest BCUT2D eigenvalue weighted by molar-refractivity contribution is -0.151. The van der Waals surface area contributed by atoms with Crippen LogP contribution in [0.1, 0.15) is 45.4 Å². The van der Waals surface area contributed by atoms with Crippen molar-refractivity contribution in [2.24, 2.45) is 5.41 Å². The molecule has 5 nitrogen and oxygen atoms in total. The lowest BCUT2D eigenvalue weighted by Crippen LogP contribution is -2.50. The molecule has 1 atom stereocenters. The fourth-order valence-corrected chi connectivity index (χ4v) is 4.81. The van der Waals surface area contributed by atoms with Crippen LogP contribution in [-0.2, 0) is 14.8 Å². The van der Waals surface area contributed by atoms with E-state index >= 15 is 0 Å². The second kappa shape index (κ2) is 4.81. The van der Waals surface area contributed by atoms with Crippen LogP contribution in [0.15, 0.2) is 0 Å². The summed E-state index contributed by atoms with van der Waals surface area (Å²) >= 11 is 0. The Bertz CT molecular complexity index is 425. The summed E-state index contributed by atoms with van der Waals surface area (Å²) in [6.07, 6.45) is 4.02. The van der Waals surface area contributed by atoms with Crippen molar-refractivity contribution in [1.29, 1.82) is 0 Å². The van der Waals surface area contributed by atoms with Crippen molar-refractivity contribution in [2.75, 3.05) is 13.1 Å². The van der Waals surface area contributed by atoms with Crippen molar-refractivity contribution in [1.82, 2.24) is 4.31 Å². The fourth-order valence-electron chi connectivity index (χ4n) is 2.85. The molecular weight excluding hydrogens is 254 g/mol. The predicted molar refractivity (Wildman–Crippen MR) is 67.7 cm³/mol. The van der Waals surface area contributed by atoms with Crippen LogP contribution >= 0.6 is 0 Å². The average molecular weight is 275 g/mol. The van der Waals surface area contributed by atoms with Crippen molar-refractivity contribution in [3.8, 4) is 0 Å². The molecular formula is C12H21NO4S. The molecule has 0 bridgehead atoms. The molecule has 6 heteroatoms. The standard InChI is InChI=1S/C12H21NO4S/c1-2-6-12(11(14)15)7-3-8-13(9-12)18(16,17)10-4-5-10/h10H,2-9H2,1H3,(H,14,15). The molecule has 0 spiro atoms. The quantitative estimate of drug-likeness (QED) is 0.824. The largest absolute Gasteiger partial charge is 0.481 e. The first-order chi connectivity index (χ1) is 8.42. The number of nitrogens with zero attached hydrogens (tertiary/aromatic N) is 1. The first kappa shape index (κ1) is 13.8. The Morgan fingerprint density at radius 1 is 1.44 bits per heavy atom. The highest BCUT2D eigenvalue weighted by Gasteiger charge is 2.48. The molecule has 2 aliphatic rings. The summed E-state index contributed by atoms with van der Waals surface area (Å²) in [7, 11) is -3.24. The minimum Gasteiger partial charge on any atom is -0.481 e. The van der Waals surface area contributed by atoms with Gasteiger partial charge in [0.2, 0.25) is 10.0 Å². The molecule has 2 fully saturated rings. The van der Waals surface area contributed by atoms with E-state index in [1.54, 1.807) is 0 Å². The Morgan fingerprint density at radius 2 is 2.11 bits per heavy atom. The molecule has 18 heavy (non-hydrogen) atoms. The number of hydrogen-bond donors (Lipinski definition) is 1. The minimum atomic E-state index is -3.24. The number of rotatable bonds is 5. The van der Waals surface area contributed by atoms with E-state index in [2.05, 4.69) is 0 Å². The zero-order chi connectivity index (χ0) is 13.4. The van der Waals surface area contributed by atoms with Gasteiger partial charge in [-0.25, -0.2) is 12.7 Å². The summed E-state index contributed by atoms with van der Waals surface area (Å²) in [5.41, 5.74) is -0.866. The molecule has 0 amide bonds. The lowest BCUT2D eigenvalue weighted by atomic mass is 9.77. The zero-order valence-electron chi connectivity index (χ0n) is 10.8. The van der Waals surface area contributed by atoms with Crippen LogP contribution in [0.5, 0.6) is 0 Å². The summed E-state index contributed by atoms with van der Waals surface area (Å²) < 4.78 is 25.8. The lowest BCUT2D eigenvalue weighted by Gasteiger charge is -2.39. The zero-order valence-corrected chi connectivity index (χ0v) is 11.6. The maximum Gasteiger partial charge on any atom is 0.310 e. The van der Waals surface area contributed by atoms with Gasteiger partial charge < -0.3 is 5.11 Å². The number of sulfonamides is 1. The summed E-state index contributed by atoms with van der Waals surface area (Å²) in [5.74, 6) is -0.847. The molecule has 1 N–H and O–H groups in total. The second-order valence-electron chi connectivity index (χ2n) is 5.52. The number of aliphatic carboxylic acids is 1. The van der Waals surface area contributed by atoms with E-state index < -0.39 is 21.4 Å². The monoisotopic (exact) mass is 275 g/mol. The van der Waals surface area contributed by atoms with Gasteiger partial charge in [0.15, 0.2) is 0 Å². The highest BCUT2D eigenvalue weighted by molar-refractivity contribution is 7.90. The first-order valence-electron chi connectivity index (χ1n) is 6.65. The Labute approximate surface area is 108 Å². The van der Waals surface area contributed by atoms with E-state index in [4.69, 9.17) is 0 Å². The third kappa shape index (κ3) is 2.40. The molecule has 0 aromatic heterocycles. The summed E-state index contributed by atoms with van der Waals surface area (Å²) in [5, 5.41) is 9.19. The van der Waals surface area contributed by atoms with E-state index in [-0.39, 0.29) is 11.8 Å². The van der Waals surface area contributed by atoms with E-state index in [0.29, 0.717) is 25.8 Å². The third-order valence-corrected chi connectivity index (χ3v) is 6.37. The fraction of sp³-hybridized carbons (Fsp3) is 0.917. The highest BCUT2D eigenvalue weighted by Crippen LogP contribution is 2.39. The van der Waals surface area contributed by atoms with E-state index in [9.17, 15) is 18.3 Å². The van der Waals surface area contributed by atoms with Gasteiger partial charge >= 0.3 is 5.97 Å². The van der Waals surface area contributed by atoms with E-state index in [0.717, 1.165) is 19.3 Å². The van der Waals surface area contributed by atoms with Gasteiger partial charge in [-0.15, -0.1) is 0 Å². The van der Waals surface area contributed by atoms with Crippen molar-refractivity contribution in [3.05, 3.63) is 0 Å². The van der Waals surface area contributed by atoms with Crippen molar-refractivity contribution >= 4 is 16.0 Å². The summed E-state index contributed by atoms with van der Waals surface area (Å²) in [6.45, 7) is 2.59. The van der Waals surface area contributed by atoms with E-state index in [1.165, 1.54) is 4.31 Å². The van der Waals surface area contributed by atoms with Crippen LogP contribution in [0.2, 0.25) is 0 Å². The SMILES string of the molecule is CCCC1(C(=O)O)CCCN(S(=O)(=O)C2CC2)C1.